The van der Waals surface area contributed by atoms with Crippen LogP contribution in [0.5, 0.6) is 0 Å². The molecule has 1 heterocycles. The maximum atomic E-state index is 11.0. The quantitative estimate of drug-likeness (QED) is 0.785. The molecular weight excluding hydrogens is 256 g/mol. The predicted molar refractivity (Wildman–Crippen MR) is 68.1 cm³/mol. The van der Waals surface area contributed by atoms with Crippen molar-refractivity contribution in [1.29, 1.82) is 0 Å². The van der Waals surface area contributed by atoms with E-state index >= 15 is 0 Å². The maximum Gasteiger partial charge on any atom is 0.339 e. The number of carbonyl (C=O) groups is 1. The topological polar surface area (TPSA) is 101 Å². The highest BCUT2D eigenvalue weighted by molar-refractivity contribution is 6.30. The van der Waals surface area contributed by atoms with Crippen molar-refractivity contribution < 1.29 is 9.90 Å². The van der Waals surface area contributed by atoms with E-state index in [1.54, 1.807) is 24.3 Å². The van der Waals surface area contributed by atoms with Gasteiger partial charge in [0.1, 0.15) is 11.4 Å². The first kappa shape index (κ1) is 12.1. The molecule has 0 atom stereocenters. The summed E-state index contributed by atoms with van der Waals surface area (Å²) in [6.07, 6.45) is 0. The molecule has 0 unspecified atom stereocenters. The lowest BCUT2D eigenvalue weighted by Crippen LogP contribution is -2.08. The van der Waals surface area contributed by atoms with Crippen molar-refractivity contribution in [3.63, 3.8) is 0 Å². The first-order valence-electron chi connectivity index (χ1n) is 4.95. The van der Waals surface area contributed by atoms with Crippen molar-refractivity contribution in [2.45, 2.75) is 0 Å². The molecule has 0 bridgehead atoms. The fourth-order valence-corrected chi connectivity index (χ4v) is 1.56. The molecule has 0 aliphatic heterocycles. The van der Waals surface area contributed by atoms with Crippen molar-refractivity contribution in [3.8, 4) is 0 Å². The van der Waals surface area contributed by atoms with Crippen LogP contribution in [0.2, 0.25) is 5.02 Å². The van der Waals surface area contributed by atoms with E-state index in [9.17, 15) is 4.79 Å². The van der Waals surface area contributed by atoms with Gasteiger partial charge in [-0.2, -0.15) is 0 Å². The van der Waals surface area contributed by atoms with Crippen molar-refractivity contribution in [3.05, 3.63) is 40.9 Å². The van der Waals surface area contributed by atoms with E-state index in [0.29, 0.717) is 10.7 Å². The predicted octanol–water partition coefficient (Wildman–Crippen LogP) is 2.15. The molecule has 0 saturated heterocycles. The molecular formula is C11H9ClN4O2. The van der Waals surface area contributed by atoms with Crippen LogP contribution in [0.25, 0.3) is 0 Å². The Hall–Kier alpha value is -2.34. The maximum absolute atomic E-state index is 11.0. The van der Waals surface area contributed by atoms with Gasteiger partial charge in [0.15, 0.2) is 5.82 Å². The number of carboxylic acids is 1. The summed E-state index contributed by atoms with van der Waals surface area (Å²) in [7, 11) is 0. The molecule has 0 radical (unpaired) electrons. The van der Waals surface area contributed by atoms with E-state index < -0.39 is 5.97 Å². The summed E-state index contributed by atoms with van der Waals surface area (Å²) < 4.78 is 0. The smallest absolute Gasteiger partial charge is 0.339 e. The zero-order valence-corrected chi connectivity index (χ0v) is 9.85. The fraction of sp³-hybridized carbons (Fsp3) is 0. The lowest BCUT2D eigenvalue weighted by atomic mass is 10.2. The van der Waals surface area contributed by atoms with Gasteiger partial charge in [-0.15, -0.1) is 10.2 Å². The number of aromatic carboxylic acids is 1. The fourth-order valence-electron chi connectivity index (χ4n) is 1.37. The molecule has 1 aromatic carbocycles. The van der Waals surface area contributed by atoms with Crippen molar-refractivity contribution in [2.75, 3.05) is 11.1 Å². The van der Waals surface area contributed by atoms with Crippen LogP contribution in [0, 0.1) is 0 Å². The van der Waals surface area contributed by atoms with Crippen LogP contribution in [0.15, 0.2) is 30.3 Å². The van der Waals surface area contributed by atoms with Gasteiger partial charge >= 0.3 is 5.97 Å². The third kappa shape index (κ3) is 2.67. The molecule has 2 rings (SSSR count). The molecule has 2 aromatic rings. The highest BCUT2D eigenvalue weighted by Crippen LogP contribution is 2.21. The molecule has 0 amide bonds. The number of carboxylic acid groups (broad SMARTS) is 1. The minimum atomic E-state index is -1.14. The Morgan fingerprint density at radius 3 is 2.78 bits per heavy atom. The zero-order valence-electron chi connectivity index (χ0n) is 9.09. The van der Waals surface area contributed by atoms with E-state index in [-0.39, 0.29) is 17.2 Å². The number of nitrogen functional groups attached to an aromatic ring is 1. The van der Waals surface area contributed by atoms with E-state index in [2.05, 4.69) is 15.5 Å². The summed E-state index contributed by atoms with van der Waals surface area (Å²) in [4.78, 5) is 11.0. The van der Waals surface area contributed by atoms with Gasteiger partial charge in [-0.3, -0.25) is 0 Å². The van der Waals surface area contributed by atoms with Gasteiger partial charge < -0.3 is 16.2 Å². The van der Waals surface area contributed by atoms with Crippen LogP contribution in [0.3, 0.4) is 0 Å². The summed E-state index contributed by atoms with van der Waals surface area (Å²) in [5, 5.41) is 19.7. The number of hydrogen-bond acceptors (Lipinski definition) is 5. The second kappa shape index (κ2) is 4.89. The van der Waals surface area contributed by atoms with E-state index in [4.69, 9.17) is 22.4 Å². The molecule has 92 valence electrons. The molecule has 6 nitrogen and oxygen atoms in total. The molecule has 1 aromatic heterocycles. The summed E-state index contributed by atoms with van der Waals surface area (Å²) in [5.41, 5.74) is 5.96. The van der Waals surface area contributed by atoms with Gasteiger partial charge in [0.2, 0.25) is 0 Å². The minimum Gasteiger partial charge on any atom is -0.478 e. The van der Waals surface area contributed by atoms with Crippen LogP contribution in [-0.2, 0) is 0 Å². The molecule has 0 aliphatic carbocycles. The molecule has 18 heavy (non-hydrogen) atoms. The first-order valence-corrected chi connectivity index (χ1v) is 5.33. The number of nitrogens with one attached hydrogen (secondary N) is 1. The SMILES string of the molecule is Nc1cc(C(=O)O)c(Nc2cccc(Cl)c2)nn1. The molecule has 4 N–H and O–H groups in total. The Bertz CT molecular complexity index is 603. The highest BCUT2D eigenvalue weighted by Gasteiger charge is 2.13. The summed E-state index contributed by atoms with van der Waals surface area (Å²) in [5.74, 6) is -0.982. The second-order valence-electron chi connectivity index (χ2n) is 3.47. The number of nitrogens with two attached hydrogens (primary N) is 1. The summed E-state index contributed by atoms with van der Waals surface area (Å²) in [6, 6.07) is 8.05. The van der Waals surface area contributed by atoms with Gasteiger partial charge in [0.05, 0.1) is 0 Å². The average Bonchev–Trinajstić information content (AvgIpc) is 2.31. The monoisotopic (exact) mass is 264 g/mol. The lowest BCUT2D eigenvalue weighted by molar-refractivity contribution is 0.0697. The third-order valence-corrected chi connectivity index (χ3v) is 2.37. The molecule has 0 saturated carbocycles. The largest absolute Gasteiger partial charge is 0.478 e. The van der Waals surface area contributed by atoms with Crippen molar-refractivity contribution in [1.82, 2.24) is 10.2 Å². The molecule has 7 heteroatoms. The number of aromatic nitrogens is 2. The number of halogens is 1. The Morgan fingerprint density at radius 1 is 1.33 bits per heavy atom. The number of anilines is 3. The molecule has 0 aliphatic rings. The molecule has 0 spiro atoms. The van der Waals surface area contributed by atoms with Crippen molar-refractivity contribution >= 4 is 34.9 Å². The average molecular weight is 265 g/mol. The lowest BCUT2D eigenvalue weighted by Gasteiger charge is -2.08. The highest BCUT2D eigenvalue weighted by atomic mass is 35.5. The van der Waals surface area contributed by atoms with Crippen LogP contribution < -0.4 is 11.1 Å². The zero-order chi connectivity index (χ0) is 13.1. The van der Waals surface area contributed by atoms with Gasteiger partial charge in [0, 0.05) is 16.8 Å². The van der Waals surface area contributed by atoms with E-state index in [1.165, 1.54) is 6.07 Å². The van der Waals surface area contributed by atoms with Crippen LogP contribution in [0.1, 0.15) is 10.4 Å². The Morgan fingerprint density at radius 2 is 2.11 bits per heavy atom. The minimum absolute atomic E-state index is 0.0454. The Balaban J connectivity index is 2.37. The summed E-state index contributed by atoms with van der Waals surface area (Å²) >= 11 is 5.83. The Kier molecular flexibility index (Phi) is 3.29. The molecule has 0 fully saturated rings. The number of hydrogen-bond donors (Lipinski definition) is 3. The second-order valence-corrected chi connectivity index (χ2v) is 3.91. The van der Waals surface area contributed by atoms with Gasteiger partial charge in [0.25, 0.3) is 0 Å². The first-order chi connectivity index (χ1) is 8.56. The number of nitrogens with zero attached hydrogens (tertiary/aromatic N) is 2. The third-order valence-electron chi connectivity index (χ3n) is 2.13. The van der Waals surface area contributed by atoms with Crippen molar-refractivity contribution in [2.24, 2.45) is 0 Å². The van der Waals surface area contributed by atoms with Crippen LogP contribution >= 0.6 is 11.6 Å². The summed E-state index contributed by atoms with van der Waals surface area (Å²) in [6.45, 7) is 0. The normalized spacial score (nSPS) is 10.1. The van der Waals surface area contributed by atoms with E-state index in [0.717, 1.165) is 0 Å². The van der Waals surface area contributed by atoms with Crippen LogP contribution in [-0.4, -0.2) is 21.3 Å². The van der Waals surface area contributed by atoms with Gasteiger partial charge in [-0.05, 0) is 18.2 Å². The Labute approximate surface area is 107 Å². The number of rotatable bonds is 3. The van der Waals surface area contributed by atoms with Crippen LogP contribution in [0.4, 0.5) is 17.3 Å². The van der Waals surface area contributed by atoms with Gasteiger partial charge in [-0.25, -0.2) is 4.79 Å². The van der Waals surface area contributed by atoms with E-state index in [1.807, 2.05) is 0 Å². The standard InChI is InChI=1S/C11H9ClN4O2/c12-6-2-1-3-7(4-6)14-10-8(11(17)18)5-9(13)15-16-10/h1-5H,(H2,13,15)(H,14,16)(H,17,18). The number of benzene rings is 1. The van der Waals surface area contributed by atoms with Gasteiger partial charge in [-0.1, -0.05) is 17.7 Å².